The third kappa shape index (κ3) is 6.42. The van der Waals surface area contributed by atoms with Crippen molar-refractivity contribution in [2.45, 2.75) is 97.1 Å². The fourth-order valence-electron chi connectivity index (χ4n) is 6.76. The number of anilines is 1. The predicted octanol–water partition coefficient (Wildman–Crippen LogP) is 7.05. The normalized spacial score (nSPS) is 23.4. The molecule has 2 amide bonds. The maximum absolute atomic E-state index is 15.0. The number of aryl methyl sites for hydroxylation is 2. The van der Waals surface area contributed by atoms with Crippen LogP contribution in [0, 0.1) is 31.5 Å². The summed E-state index contributed by atoms with van der Waals surface area (Å²) in [5.74, 6) is -1.47. The lowest BCUT2D eigenvalue weighted by Crippen LogP contribution is -2.55. The third-order valence-electron chi connectivity index (χ3n) is 8.73. The van der Waals surface area contributed by atoms with Gasteiger partial charge in [0.05, 0.1) is 23.2 Å². The maximum atomic E-state index is 15.0. The van der Waals surface area contributed by atoms with Gasteiger partial charge in [-0.3, -0.25) is 9.59 Å². The van der Waals surface area contributed by atoms with Gasteiger partial charge in [-0.2, -0.15) is 0 Å². The van der Waals surface area contributed by atoms with Gasteiger partial charge in [0, 0.05) is 29.1 Å². The Balaban J connectivity index is 1.42. The summed E-state index contributed by atoms with van der Waals surface area (Å²) < 4.78 is 15.0. The minimum absolute atomic E-state index is 0.0561. The Kier molecular flexibility index (Phi) is 8.69. The lowest BCUT2D eigenvalue weighted by molar-refractivity contribution is -0.123. The van der Waals surface area contributed by atoms with Crippen molar-refractivity contribution >= 4 is 28.3 Å². The molecule has 2 aliphatic carbocycles. The highest BCUT2D eigenvalue weighted by Crippen LogP contribution is 2.38. The second kappa shape index (κ2) is 12.1. The number of allylic oxidation sites excluding steroid dienone is 2. The number of benzene rings is 1. The number of hydrogen-bond acceptors (Lipinski definition) is 5. The van der Waals surface area contributed by atoms with E-state index >= 15 is 0 Å². The van der Waals surface area contributed by atoms with E-state index in [0.29, 0.717) is 42.5 Å². The molecule has 3 atom stereocenters. The minimum Gasteiger partial charge on any atom is -0.383 e. The van der Waals surface area contributed by atoms with E-state index in [2.05, 4.69) is 54.6 Å². The maximum Gasteiger partial charge on any atom is 0.257 e. The van der Waals surface area contributed by atoms with E-state index in [0.717, 1.165) is 16.3 Å². The van der Waals surface area contributed by atoms with Crippen LogP contribution >= 0.6 is 11.3 Å². The topological polar surface area (TPSA) is 74.3 Å². The fraction of sp³-hybridized carbons (Fsp3) is 0.545. The summed E-state index contributed by atoms with van der Waals surface area (Å²) in [6, 6.07) is 4.85. The monoisotopic (exact) mass is 578 g/mol. The Hall–Kier alpha value is -3.00. The third-order valence-corrected chi connectivity index (χ3v) is 10.2. The van der Waals surface area contributed by atoms with E-state index in [1.165, 1.54) is 43.1 Å². The number of thiazole rings is 1. The average Bonchev–Trinajstić information content (AvgIpc) is 3.57. The van der Waals surface area contributed by atoms with Crippen molar-refractivity contribution in [3.8, 4) is 0 Å². The van der Waals surface area contributed by atoms with E-state index in [1.54, 1.807) is 24.0 Å². The second-order valence-electron chi connectivity index (χ2n) is 12.9. The van der Waals surface area contributed by atoms with Crippen LogP contribution < -0.4 is 10.6 Å². The van der Waals surface area contributed by atoms with Crippen molar-refractivity contribution in [3.63, 3.8) is 0 Å². The molecule has 1 saturated carbocycles. The zero-order valence-corrected chi connectivity index (χ0v) is 25.7. The molecule has 0 radical (unpaired) electrons. The van der Waals surface area contributed by atoms with Gasteiger partial charge in [0.15, 0.2) is 5.13 Å². The number of nitrogens with zero attached hydrogens (tertiary/aromatic N) is 2. The first-order chi connectivity index (χ1) is 19.5. The van der Waals surface area contributed by atoms with Crippen LogP contribution in [-0.4, -0.2) is 40.3 Å². The van der Waals surface area contributed by atoms with E-state index in [9.17, 15) is 14.0 Å². The molecule has 2 fully saturated rings. The highest BCUT2D eigenvalue weighted by Gasteiger charge is 2.43. The van der Waals surface area contributed by atoms with Crippen molar-refractivity contribution in [1.82, 2.24) is 15.2 Å². The number of aromatic nitrogens is 1. The van der Waals surface area contributed by atoms with Crippen LogP contribution in [0.2, 0.25) is 0 Å². The molecule has 1 saturated heterocycles. The summed E-state index contributed by atoms with van der Waals surface area (Å²) in [7, 11) is 0. The second-order valence-corrected chi connectivity index (χ2v) is 13.9. The molecule has 220 valence electrons. The van der Waals surface area contributed by atoms with E-state index in [1.807, 2.05) is 6.92 Å². The lowest BCUT2D eigenvalue weighted by atomic mass is 9.77. The molecule has 6 nitrogen and oxygen atoms in total. The van der Waals surface area contributed by atoms with Crippen LogP contribution in [0.5, 0.6) is 0 Å². The van der Waals surface area contributed by atoms with E-state index in [-0.39, 0.29) is 34.8 Å². The molecule has 2 N–H and O–H groups in total. The van der Waals surface area contributed by atoms with Crippen molar-refractivity contribution in [2.75, 3.05) is 11.9 Å². The van der Waals surface area contributed by atoms with E-state index < -0.39 is 11.7 Å². The number of amides is 2. The van der Waals surface area contributed by atoms with E-state index in [4.69, 9.17) is 0 Å². The smallest absolute Gasteiger partial charge is 0.257 e. The number of likely N-dealkylation sites (tertiary alicyclic amines) is 1. The van der Waals surface area contributed by atoms with Gasteiger partial charge < -0.3 is 15.5 Å². The zero-order valence-electron chi connectivity index (χ0n) is 24.9. The van der Waals surface area contributed by atoms with Gasteiger partial charge in [0.25, 0.3) is 5.91 Å². The van der Waals surface area contributed by atoms with Gasteiger partial charge >= 0.3 is 0 Å². The number of halogens is 1. The molecular formula is C33H43FN4O2S. The van der Waals surface area contributed by atoms with Gasteiger partial charge in [0.2, 0.25) is 5.91 Å². The van der Waals surface area contributed by atoms with Crippen molar-refractivity contribution in [1.29, 1.82) is 0 Å². The highest BCUT2D eigenvalue weighted by molar-refractivity contribution is 7.16. The summed E-state index contributed by atoms with van der Waals surface area (Å²) in [5.41, 5.74) is 2.68. The first-order valence-electron chi connectivity index (χ1n) is 15.0. The Morgan fingerprint density at radius 2 is 1.85 bits per heavy atom. The number of nitrogens with one attached hydrogen (secondary N) is 2. The average molecular weight is 579 g/mol. The number of piperidine rings is 1. The van der Waals surface area contributed by atoms with Gasteiger partial charge in [-0.25, -0.2) is 9.37 Å². The van der Waals surface area contributed by atoms with Crippen molar-refractivity contribution in [3.05, 3.63) is 69.6 Å². The Morgan fingerprint density at radius 1 is 1.10 bits per heavy atom. The van der Waals surface area contributed by atoms with Gasteiger partial charge in [-0.05, 0) is 69.1 Å². The lowest BCUT2D eigenvalue weighted by Gasteiger charge is -2.44. The molecule has 0 bridgehead atoms. The molecule has 41 heavy (non-hydrogen) atoms. The predicted molar refractivity (Wildman–Crippen MR) is 164 cm³/mol. The Bertz CT molecular complexity index is 1330. The van der Waals surface area contributed by atoms with Gasteiger partial charge in [-0.1, -0.05) is 57.9 Å². The standard InChI is InChI=1S/C33H43FN4O2S/c1-20-10-8-14-26(34)27(20)31(40)38-19-9-13-25(30(39)37-32-35-21(2)29(41-32)33(3,4)5)28(38)22-15-17-24(18-16-22)36-23-11-6-7-12-23/h8,10,14-15,17-18,22-23,25,28,36H,6-7,9,11-13,16,19H2,1-5H3,(H,35,37,39)/t22-,25?,28?/m1/s1. The van der Waals surface area contributed by atoms with Crippen molar-refractivity contribution < 1.29 is 14.0 Å². The van der Waals surface area contributed by atoms with Crippen LogP contribution in [0.3, 0.4) is 0 Å². The molecule has 1 aliphatic heterocycles. The zero-order chi connectivity index (χ0) is 29.3. The molecule has 0 spiro atoms. The molecule has 2 unspecified atom stereocenters. The van der Waals surface area contributed by atoms with Gasteiger partial charge in [-0.15, -0.1) is 11.3 Å². The number of carbonyl (C=O) groups excluding carboxylic acids is 2. The molecule has 2 heterocycles. The molecule has 5 rings (SSSR count). The quantitative estimate of drug-likeness (QED) is 0.385. The minimum atomic E-state index is -0.518. The molecule has 1 aromatic heterocycles. The Labute approximate surface area is 247 Å². The summed E-state index contributed by atoms with van der Waals surface area (Å²) in [6.45, 7) is 10.7. The summed E-state index contributed by atoms with van der Waals surface area (Å²) in [4.78, 5) is 35.4. The number of rotatable bonds is 6. The SMILES string of the molecule is Cc1cccc(F)c1C(=O)N1CCCC(C(=O)Nc2nc(C)c(C(C)(C)C)s2)C1[C@@H]1C=CC(NC2CCCC2)=CC1. The Morgan fingerprint density at radius 3 is 2.49 bits per heavy atom. The molecule has 1 aromatic carbocycles. The van der Waals surface area contributed by atoms with Crippen LogP contribution in [-0.2, 0) is 10.2 Å². The van der Waals surface area contributed by atoms with Crippen LogP contribution in [0.1, 0.15) is 92.2 Å². The molecule has 2 aromatic rings. The summed E-state index contributed by atoms with van der Waals surface area (Å²) in [5, 5.41) is 7.35. The number of carbonyl (C=O) groups is 2. The highest BCUT2D eigenvalue weighted by atomic mass is 32.1. The van der Waals surface area contributed by atoms with Crippen molar-refractivity contribution in [2.24, 2.45) is 11.8 Å². The summed E-state index contributed by atoms with van der Waals surface area (Å²) in [6.07, 6.45) is 13.4. The first-order valence-corrected chi connectivity index (χ1v) is 15.8. The molecule has 3 aliphatic rings. The molecule has 8 heteroatoms. The number of hydrogen-bond donors (Lipinski definition) is 2. The largest absolute Gasteiger partial charge is 0.383 e. The fourth-order valence-corrected chi connectivity index (χ4v) is 7.79. The van der Waals surface area contributed by atoms with Crippen LogP contribution in [0.25, 0.3) is 0 Å². The van der Waals surface area contributed by atoms with Gasteiger partial charge in [0.1, 0.15) is 5.82 Å². The molecular weight excluding hydrogens is 535 g/mol. The van der Waals surface area contributed by atoms with Crippen LogP contribution in [0.4, 0.5) is 9.52 Å². The summed E-state index contributed by atoms with van der Waals surface area (Å²) >= 11 is 1.51. The first kappa shape index (κ1) is 29.5. The van der Waals surface area contributed by atoms with Crippen LogP contribution in [0.15, 0.2) is 42.1 Å².